The van der Waals surface area contributed by atoms with Crippen LogP contribution in [0.2, 0.25) is 0 Å². The third-order valence-electron chi connectivity index (χ3n) is 4.89. The molecule has 1 saturated heterocycles. The van der Waals surface area contributed by atoms with Gasteiger partial charge in [0.1, 0.15) is 11.9 Å². The van der Waals surface area contributed by atoms with Gasteiger partial charge in [-0.3, -0.25) is 19.2 Å². The first-order valence-corrected chi connectivity index (χ1v) is 11.1. The summed E-state index contributed by atoms with van der Waals surface area (Å²) in [5.74, 6) is -6.23. The average Bonchev–Trinajstić information content (AvgIpc) is 2.74. The monoisotopic (exact) mass is 519 g/mol. The molecule has 36 heavy (non-hydrogen) atoms. The molecule has 2 rings (SSSR count). The molecule has 0 aromatic heterocycles. The van der Waals surface area contributed by atoms with Gasteiger partial charge in [-0.05, 0) is 38.8 Å². The summed E-state index contributed by atoms with van der Waals surface area (Å²) in [4.78, 5) is 45.5. The normalized spacial score (nSPS) is 16.5. The van der Waals surface area contributed by atoms with Gasteiger partial charge in [-0.15, -0.1) is 0 Å². The van der Waals surface area contributed by atoms with Crippen LogP contribution in [0.3, 0.4) is 0 Å². The van der Waals surface area contributed by atoms with E-state index >= 15 is 0 Å². The molecule has 0 aliphatic carbocycles. The molecule has 1 aromatic rings. The molecule has 1 heterocycles. The SMILES string of the molecule is CC(C)(C)OC[C@@H]1C(=O)NCCN1C(=O)C[C@H](N)Cc1cc(F)c(F)cc1F.O=C(O)CCC(=O)O. The van der Waals surface area contributed by atoms with Crippen molar-refractivity contribution in [2.24, 2.45) is 5.73 Å². The maximum absolute atomic E-state index is 13.8. The quantitative estimate of drug-likeness (QED) is 0.357. The third-order valence-corrected chi connectivity index (χ3v) is 4.89. The number of aliphatic carboxylic acids is 2. The number of nitrogens with one attached hydrogen (secondary N) is 1. The molecule has 1 aromatic carbocycles. The summed E-state index contributed by atoms with van der Waals surface area (Å²) in [6.07, 6.45) is -0.902. The number of amides is 2. The fourth-order valence-electron chi connectivity index (χ4n) is 3.14. The zero-order valence-electron chi connectivity index (χ0n) is 20.4. The van der Waals surface area contributed by atoms with Crippen LogP contribution in [0.4, 0.5) is 13.2 Å². The third kappa shape index (κ3) is 11.0. The van der Waals surface area contributed by atoms with Gasteiger partial charge < -0.3 is 30.9 Å². The maximum Gasteiger partial charge on any atom is 0.303 e. The summed E-state index contributed by atoms with van der Waals surface area (Å²) < 4.78 is 45.8. The average molecular weight is 520 g/mol. The van der Waals surface area contributed by atoms with Crippen LogP contribution in [0.15, 0.2) is 12.1 Å². The zero-order chi connectivity index (χ0) is 27.6. The Morgan fingerprint density at radius 1 is 1.11 bits per heavy atom. The Kier molecular flexibility index (Phi) is 11.8. The molecule has 0 bridgehead atoms. The summed E-state index contributed by atoms with van der Waals surface area (Å²) >= 11 is 0. The maximum atomic E-state index is 13.8. The Bertz CT molecular complexity index is 940. The van der Waals surface area contributed by atoms with Gasteiger partial charge in [0, 0.05) is 31.6 Å². The molecule has 1 fully saturated rings. The first-order chi connectivity index (χ1) is 16.6. The van der Waals surface area contributed by atoms with Gasteiger partial charge in [-0.2, -0.15) is 0 Å². The Labute approximate surface area is 206 Å². The molecule has 2 atom stereocenters. The number of carbonyl (C=O) groups is 4. The molecular formula is C23H32F3N3O7. The van der Waals surface area contributed by atoms with Crippen molar-refractivity contribution < 1.29 is 47.3 Å². The smallest absolute Gasteiger partial charge is 0.303 e. The van der Waals surface area contributed by atoms with Crippen LogP contribution < -0.4 is 11.1 Å². The van der Waals surface area contributed by atoms with Crippen molar-refractivity contribution in [1.29, 1.82) is 0 Å². The number of hydrogen-bond donors (Lipinski definition) is 4. The highest BCUT2D eigenvalue weighted by Gasteiger charge is 2.34. The van der Waals surface area contributed by atoms with Gasteiger partial charge in [0.15, 0.2) is 11.6 Å². The number of carbonyl (C=O) groups excluding carboxylic acids is 2. The lowest BCUT2D eigenvalue weighted by atomic mass is 10.0. The first kappa shape index (κ1) is 30.8. The Morgan fingerprint density at radius 3 is 2.19 bits per heavy atom. The van der Waals surface area contributed by atoms with Crippen molar-refractivity contribution in [3.8, 4) is 0 Å². The molecule has 5 N–H and O–H groups in total. The molecular weight excluding hydrogens is 487 g/mol. The second-order valence-electron chi connectivity index (χ2n) is 9.13. The van der Waals surface area contributed by atoms with Crippen molar-refractivity contribution in [3.63, 3.8) is 0 Å². The van der Waals surface area contributed by atoms with Crippen molar-refractivity contribution >= 4 is 23.8 Å². The molecule has 0 saturated carbocycles. The van der Waals surface area contributed by atoms with Crippen LogP contribution in [0, 0.1) is 17.5 Å². The van der Waals surface area contributed by atoms with Crippen molar-refractivity contribution in [1.82, 2.24) is 10.2 Å². The number of carboxylic acid groups (broad SMARTS) is 2. The van der Waals surface area contributed by atoms with E-state index in [4.69, 9.17) is 20.7 Å². The van der Waals surface area contributed by atoms with Crippen LogP contribution in [0.25, 0.3) is 0 Å². The molecule has 10 nitrogen and oxygen atoms in total. The summed E-state index contributed by atoms with van der Waals surface area (Å²) in [7, 11) is 0. The number of carboxylic acids is 2. The van der Waals surface area contributed by atoms with E-state index in [0.29, 0.717) is 19.2 Å². The van der Waals surface area contributed by atoms with E-state index in [1.54, 1.807) is 0 Å². The van der Waals surface area contributed by atoms with Crippen LogP contribution in [0.1, 0.15) is 45.6 Å². The molecule has 0 unspecified atom stereocenters. The minimum absolute atomic E-state index is 0.0358. The van der Waals surface area contributed by atoms with Gasteiger partial charge in [0.2, 0.25) is 11.8 Å². The van der Waals surface area contributed by atoms with Gasteiger partial charge in [0.25, 0.3) is 0 Å². The second kappa shape index (κ2) is 13.8. The number of nitrogens with two attached hydrogens (primary N) is 1. The molecule has 0 radical (unpaired) electrons. The topological polar surface area (TPSA) is 159 Å². The lowest BCUT2D eigenvalue weighted by molar-refractivity contribution is -0.148. The van der Waals surface area contributed by atoms with E-state index in [2.05, 4.69) is 5.32 Å². The van der Waals surface area contributed by atoms with E-state index in [9.17, 15) is 32.3 Å². The van der Waals surface area contributed by atoms with Gasteiger partial charge >= 0.3 is 11.9 Å². The van der Waals surface area contributed by atoms with E-state index in [-0.39, 0.29) is 49.7 Å². The second-order valence-corrected chi connectivity index (χ2v) is 9.13. The molecule has 13 heteroatoms. The van der Waals surface area contributed by atoms with Crippen LogP contribution in [-0.2, 0) is 30.3 Å². The lowest BCUT2D eigenvalue weighted by Crippen LogP contribution is -2.60. The number of rotatable bonds is 9. The van der Waals surface area contributed by atoms with E-state index in [1.165, 1.54) is 4.90 Å². The highest BCUT2D eigenvalue weighted by atomic mass is 19.2. The molecule has 1 aliphatic rings. The first-order valence-electron chi connectivity index (χ1n) is 11.1. The van der Waals surface area contributed by atoms with E-state index in [0.717, 1.165) is 6.07 Å². The molecule has 1 aliphatic heterocycles. The number of benzene rings is 1. The Balaban J connectivity index is 0.000000697. The van der Waals surface area contributed by atoms with Crippen molar-refractivity contribution in [2.75, 3.05) is 19.7 Å². The van der Waals surface area contributed by atoms with Gasteiger partial charge in [-0.1, -0.05) is 0 Å². The summed E-state index contributed by atoms with van der Waals surface area (Å²) in [6.45, 7) is 6.16. The number of hydrogen-bond acceptors (Lipinski definition) is 6. The van der Waals surface area contributed by atoms with E-state index < -0.39 is 47.1 Å². The standard InChI is InChI=1S/C19H26F3N3O3.C4H6O4/c1-19(2,3)28-10-16-18(27)24-4-5-25(16)17(26)8-12(23)6-11-7-14(21)15(22)9-13(11)20;5-3(6)1-2-4(7)8/h7,9,12,16H,4-6,8,10,23H2,1-3H3,(H,24,27);1-2H2,(H,5,6)(H,7,8)/t12-,16-;/m1./s1. The van der Waals surface area contributed by atoms with Gasteiger partial charge in [0.05, 0.1) is 25.0 Å². The predicted molar refractivity (Wildman–Crippen MR) is 121 cm³/mol. The number of halogens is 3. The summed E-state index contributed by atoms with van der Waals surface area (Å²) in [5, 5.41) is 18.5. The number of ether oxygens (including phenoxy) is 1. The summed E-state index contributed by atoms with van der Waals surface area (Å²) in [6, 6.07) is -0.411. The van der Waals surface area contributed by atoms with Crippen molar-refractivity contribution in [2.45, 2.75) is 64.1 Å². The lowest BCUT2D eigenvalue weighted by Gasteiger charge is -2.36. The fraction of sp³-hybridized carbons (Fsp3) is 0.565. The molecule has 2 amide bonds. The summed E-state index contributed by atoms with van der Waals surface area (Å²) in [5.41, 5.74) is 5.34. The minimum Gasteiger partial charge on any atom is -0.481 e. The van der Waals surface area contributed by atoms with E-state index in [1.807, 2.05) is 20.8 Å². The number of piperazine rings is 1. The largest absolute Gasteiger partial charge is 0.481 e. The van der Waals surface area contributed by atoms with Crippen LogP contribution >= 0.6 is 0 Å². The highest BCUT2D eigenvalue weighted by Crippen LogP contribution is 2.17. The van der Waals surface area contributed by atoms with Crippen LogP contribution in [0.5, 0.6) is 0 Å². The zero-order valence-corrected chi connectivity index (χ0v) is 20.4. The number of nitrogens with zero attached hydrogens (tertiary/aromatic N) is 1. The predicted octanol–water partition coefficient (Wildman–Crippen LogP) is 1.44. The Morgan fingerprint density at radius 2 is 1.67 bits per heavy atom. The van der Waals surface area contributed by atoms with Crippen molar-refractivity contribution in [3.05, 3.63) is 35.1 Å². The minimum atomic E-state index is -1.29. The van der Waals surface area contributed by atoms with Gasteiger partial charge in [-0.25, -0.2) is 13.2 Å². The molecule has 202 valence electrons. The fourth-order valence-corrected chi connectivity index (χ4v) is 3.14. The van der Waals surface area contributed by atoms with Crippen LogP contribution in [-0.4, -0.2) is 76.2 Å². The molecule has 0 spiro atoms. The Hall–Kier alpha value is -3.19. The highest BCUT2D eigenvalue weighted by molar-refractivity contribution is 5.89.